The summed E-state index contributed by atoms with van der Waals surface area (Å²) >= 11 is 0. The molecule has 2 N–H and O–H groups in total. The first-order chi connectivity index (χ1) is 12.3. The highest BCUT2D eigenvalue weighted by Crippen LogP contribution is 2.11. The van der Waals surface area contributed by atoms with Crippen molar-refractivity contribution < 1.29 is 23.5 Å². The summed E-state index contributed by atoms with van der Waals surface area (Å²) < 4.78 is 17.7. The van der Waals surface area contributed by atoms with Crippen LogP contribution in [-0.4, -0.2) is 30.9 Å². The van der Waals surface area contributed by atoms with Gasteiger partial charge in [0.05, 0.1) is 12.1 Å². The van der Waals surface area contributed by atoms with Gasteiger partial charge in [-0.05, 0) is 61.4 Å². The molecule has 2 amide bonds. The van der Waals surface area contributed by atoms with E-state index in [4.69, 9.17) is 4.74 Å². The van der Waals surface area contributed by atoms with E-state index in [-0.39, 0.29) is 6.54 Å². The minimum atomic E-state index is -0.612. The molecule has 0 aliphatic carbocycles. The minimum absolute atomic E-state index is 0.294. The molecule has 0 aromatic heterocycles. The maximum atomic E-state index is 12.8. The van der Waals surface area contributed by atoms with Gasteiger partial charge in [-0.15, -0.1) is 0 Å². The second kappa shape index (κ2) is 8.75. The number of amides is 2. The molecular formula is C19H19FN2O4. The average molecular weight is 358 g/mol. The van der Waals surface area contributed by atoms with Gasteiger partial charge in [-0.25, -0.2) is 9.18 Å². The van der Waals surface area contributed by atoms with Crippen molar-refractivity contribution in [1.29, 1.82) is 0 Å². The molecule has 0 atom stereocenters. The molecule has 0 heterocycles. The maximum absolute atomic E-state index is 12.8. The molecule has 2 aromatic rings. The smallest absolute Gasteiger partial charge is 0.338 e. The van der Waals surface area contributed by atoms with Gasteiger partial charge in [0.25, 0.3) is 5.91 Å². The predicted molar refractivity (Wildman–Crippen MR) is 94.2 cm³/mol. The van der Waals surface area contributed by atoms with Crippen LogP contribution in [0.25, 0.3) is 0 Å². The first-order valence-corrected chi connectivity index (χ1v) is 7.91. The topological polar surface area (TPSA) is 84.5 Å². The van der Waals surface area contributed by atoms with Crippen LogP contribution in [0.15, 0.2) is 42.5 Å². The van der Waals surface area contributed by atoms with Gasteiger partial charge in [0, 0.05) is 5.69 Å². The highest BCUT2D eigenvalue weighted by atomic mass is 19.1. The monoisotopic (exact) mass is 358 g/mol. The van der Waals surface area contributed by atoms with Crippen LogP contribution in [0.1, 0.15) is 21.5 Å². The van der Waals surface area contributed by atoms with Gasteiger partial charge in [0.1, 0.15) is 5.82 Å². The van der Waals surface area contributed by atoms with Crippen LogP contribution in [-0.2, 0) is 14.3 Å². The standard InChI is InChI=1S/C19H19FN2O4/c1-12-3-4-14(9-13(12)2)19(25)26-11-18(24)21-10-17(23)22-16-7-5-15(20)6-8-16/h3-9H,10-11H2,1-2H3,(H,21,24)(H,22,23). The summed E-state index contributed by atoms with van der Waals surface area (Å²) in [4.78, 5) is 35.3. The van der Waals surface area contributed by atoms with Gasteiger partial charge in [0.2, 0.25) is 5.91 Å². The van der Waals surface area contributed by atoms with Crippen LogP contribution in [0, 0.1) is 19.7 Å². The number of hydrogen-bond acceptors (Lipinski definition) is 4. The van der Waals surface area contributed by atoms with E-state index in [0.29, 0.717) is 11.3 Å². The summed E-state index contributed by atoms with van der Waals surface area (Å²) in [7, 11) is 0. The lowest BCUT2D eigenvalue weighted by Crippen LogP contribution is -2.35. The van der Waals surface area contributed by atoms with Crippen LogP contribution in [0.2, 0.25) is 0 Å². The lowest BCUT2D eigenvalue weighted by molar-refractivity contribution is -0.126. The molecule has 26 heavy (non-hydrogen) atoms. The Bertz CT molecular complexity index is 819. The second-order valence-corrected chi connectivity index (χ2v) is 5.71. The van der Waals surface area contributed by atoms with E-state index in [0.717, 1.165) is 11.1 Å². The molecule has 0 radical (unpaired) electrons. The summed E-state index contributed by atoms with van der Waals surface area (Å²) in [5, 5.41) is 4.84. The first-order valence-electron chi connectivity index (χ1n) is 7.91. The van der Waals surface area contributed by atoms with Gasteiger partial charge in [0.15, 0.2) is 6.61 Å². The fourth-order valence-electron chi connectivity index (χ4n) is 2.05. The minimum Gasteiger partial charge on any atom is -0.452 e. The van der Waals surface area contributed by atoms with E-state index in [1.807, 2.05) is 13.8 Å². The van der Waals surface area contributed by atoms with Crippen molar-refractivity contribution in [2.75, 3.05) is 18.5 Å². The van der Waals surface area contributed by atoms with Crippen molar-refractivity contribution in [2.45, 2.75) is 13.8 Å². The largest absolute Gasteiger partial charge is 0.452 e. The number of benzene rings is 2. The molecule has 0 saturated heterocycles. The SMILES string of the molecule is Cc1ccc(C(=O)OCC(=O)NCC(=O)Nc2ccc(F)cc2)cc1C. The van der Waals surface area contributed by atoms with Crippen LogP contribution >= 0.6 is 0 Å². The highest BCUT2D eigenvalue weighted by molar-refractivity contribution is 5.95. The lowest BCUT2D eigenvalue weighted by atomic mass is 10.1. The Morgan fingerprint density at radius 3 is 2.31 bits per heavy atom. The zero-order valence-electron chi connectivity index (χ0n) is 14.5. The Kier molecular flexibility index (Phi) is 6.43. The Morgan fingerprint density at radius 2 is 1.65 bits per heavy atom. The first kappa shape index (κ1) is 19.1. The van der Waals surface area contributed by atoms with Gasteiger partial charge in [-0.2, -0.15) is 0 Å². The molecule has 6 nitrogen and oxygen atoms in total. The third kappa shape index (κ3) is 5.70. The number of halogens is 1. The van der Waals surface area contributed by atoms with Crippen molar-refractivity contribution in [3.05, 3.63) is 65.0 Å². The number of nitrogens with one attached hydrogen (secondary N) is 2. The molecule has 2 rings (SSSR count). The van der Waals surface area contributed by atoms with Crippen molar-refractivity contribution in [3.8, 4) is 0 Å². The summed E-state index contributed by atoms with van der Waals surface area (Å²) in [5.74, 6) is -2.11. The third-order valence-corrected chi connectivity index (χ3v) is 3.65. The van der Waals surface area contributed by atoms with Crippen LogP contribution in [0.3, 0.4) is 0 Å². The maximum Gasteiger partial charge on any atom is 0.338 e. The fraction of sp³-hybridized carbons (Fsp3) is 0.211. The summed E-state index contributed by atoms with van der Waals surface area (Å²) in [6.07, 6.45) is 0. The molecule has 0 fully saturated rings. The predicted octanol–water partition coefficient (Wildman–Crippen LogP) is 2.35. The summed E-state index contributed by atoms with van der Waals surface area (Å²) in [6, 6.07) is 10.3. The Labute approximate surface area is 150 Å². The van der Waals surface area contributed by atoms with Crippen LogP contribution in [0.5, 0.6) is 0 Å². The van der Waals surface area contributed by atoms with E-state index >= 15 is 0 Å². The zero-order valence-corrected chi connectivity index (χ0v) is 14.5. The number of hydrogen-bond donors (Lipinski definition) is 2. The van der Waals surface area contributed by atoms with Crippen molar-refractivity contribution in [3.63, 3.8) is 0 Å². The number of carbonyl (C=O) groups is 3. The lowest BCUT2D eigenvalue weighted by Gasteiger charge is -2.08. The molecule has 0 spiro atoms. The van der Waals surface area contributed by atoms with E-state index in [2.05, 4.69) is 10.6 Å². The number of anilines is 1. The zero-order chi connectivity index (χ0) is 19.1. The Balaban J connectivity index is 1.74. The molecule has 2 aromatic carbocycles. The number of esters is 1. The molecule has 0 saturated carbocycles. The quantitative estimate of drug-likeness (QED) is 0.777. The van der Waals surface area contributed by atoms with Crippen LogP contribution < -0.4 is 10.6 Å². The third-order valence-electron chi connectivity index (χ3n) is 3.65. The number of carbonyl (C=O) groups excluding carboxylic acids is 3. The van der Waals surface area contributed by atoms with E-state index in [9.17, 15) is 18.8 Å². The van der Waals surface area contributed by atoms with E-state index in [1.54, 1.807) is 18.2 Å². The molecular weight excluding hydrogens is 339 g/mol. The number of ether oxygens (including phenoxy) is 1. The van der Waals surface area contributed by atoms with Gasteiger partial charge >= 0.3 is 5.97 Å². The molecule has 0 bridgehead atoms. The van der Waals surface area contributed by atoms with Gasteiger partial charge in [-0.1, -0.05) is 6.07 Å². The van der Waals surface area contributed by atoms with Crippen molar-refractivity contribution in [1.82, 2.24) is 5.32 Å². The average Bonchev–Trinajstić information content (AvgIpc) is 2.62. The van der Waals surface area contributed by atoms with Gasteiger partial charge < -0.3 is 15.4 Å². The molecule has 0 aliphatic rings. The number of rotatable bonds is 6. The van der Waals surface area contributed by atoms with Crippen molar-refractivity contribution >= 4 is 23.5 Å². The highest BCUT2D eigenvalue weighted by Gasteiger charge is 2.12. The molecule has 7 heteroatoms. The Morgan fingerprint density at radius 1 is 0.962 bits per heavy atom. The second-order valence-electron chi connectivity index (χ2n) is 5.71. The van der Waals surface area contributed by atoms with E-state index < -0.39 is 30.2 Å². The molecule has 136 valence electrons. The normalized spacial score (nSPS) is 10.1. The fourth-order valence-corrected chi connectivity index (χ4v) is 2.05. The summed E-state index contributed by atoms with van der Waals surface area (Å²) in [5.41, 5.74) is 2.76. The van der Waals surface area contributed by atoms with Crippen molar-refractivity contribution in [2.24, 2.45) is 0 Å². The summed E-state index contributed by atoms with van der Waals surface area (Å²) in [6.45, 7) is 3.01. The molecule has 0 aliphatic heterocycles. The molecule has 0 unspecified atom stereocenters. The Hall–Kier alpha value is -3.22. The van der Waals surface area contributed by atoms with Gasteiger partial charge in [-0.3, -0.25) is 9.59 Å². The number of aryl methyl sites for hydroxylation is 2. The van der Waals surface area contributed by atoms with Crippen LogP contribution in [0.4, 0.5) is 10.1 Å². The van der Waals surface area contributed by atoms with E-state index in [1.165, 1.54) is 24.3 Å².